The van der Waals surface area contributed by atoms with Gasteiger partial charge in [-0.15, -0.1) is 0 Å². The SMILES string of the molecule is c1ccc2c(c1)Cc1c-2ccc2c1Cc1ccnc3c1N2c1ccccc1C3. The van der Waals surface area contributed by atoms with E-state index in [1.807, 2.05) is 6.20 Å². The monoisotopic (exact) mass is 358 g/mol. The van der Waals surface area contributed by atoms with E-state index in [9.17, 15) is 0 Å². The van der Waals surface area contributed by atoms with Gasteiger partial charge in [-0.1, -0.05) is 48.5 Å². The van der Waals surface area contributed by atoms with E-state index in [0.29, 0.717) is 0 Å². The fourth-order valence-electron chi connectivity index (χ4n) is 5.38. The number of fused-ring (bicyclic) bond motifs is 8. The summed E-state index contributed by atoms with van der Waals surface area (Å²) in [6.07, 6.45) is 4.94. The fourth-order valence-corrected chi connectivity index (χ4v) is 5.38. The normalized spacial score (nSPS) is 14.6. The molecule has 2 nitrogen and oxygen atoms in total. The lowest BCUT2D eigenvalue weighted by atomic mass is 9.86. The molecule has 0 radical (unpaired) electrons. The molecule has 3 heterocycles. The van der Waals surface area contributed by atoms with Gasteiger partial charge in [-0.3, -0.25) is 4.98 Å². The maximum Gasteiger partial charge on any atom is 0.0716 e. The lowest BCUT2D eigenvalue weighted by Gasteiger charge is -2.39. The van der Waals surface area contributed by atoms with Gasteiger partial charge in [0, 0.05) is 24.7 Å². The van der Waals surface area contributed by atoms with Crippen LogP contribution >= 0.6 is 0 Å². The number of para-hydroxylation sites is 1. The summed E-state index contributed by atoms with van der Waals surface area (Å²) in [5.74, 6) is 0. The summed E-state index contributed by atoms with van der Waals surface area (Å²) in [7, 11) is 0. The first-order valence-corrected chi connectivity index (χ1v) is 9.96. The Morgan fingerprint density at radius 3 is 2.39 bits per heavy atom. The molecule has 1 aliphatic carbocycles. The standard InChI is InChI=1S/C26H18N2/c1-3-7-19-16(5-1)13-21-20(19)9-10-25-22(21)14-18-11-12-27-23-15-17-6-2-4-8-24(17)28(25)26(18)23/h1-12H,13-15H2. The first kappa shape index (κ1) is 14.6. The predicted octanol–water partition coefficient (Wildman–Crippen LogP) is 5.93. The number of rotatable bonds is 0. The van der Waals surface area contributed by atoms with Crippen LogP contribution in [0.1, 0.15) is 33.5 Å². The molecule has 2 aliphatic heterocycles. The second kappa shape index (κ2) is 5.11. The molecule has 0 saturated carbocycles. The summed E-state index contributed by atoms with van der Waals surface area (Å²) in [4.78, 5) is 7.22. The lowest BCUT2D eigenvalue weighted by molar-refractivity contribution is 0.953. The number of anilines is 3. The Hall–Kier alpha value is -3.39. The second-order valence-corrected chi connectivity index (χ2v) is 8.01. The van der Waals surface area contributed by atoms with Gasteiger partial charge in [0.1, 0.15) is 0 Å². The van der Waals surface area contributed by atoms with Crippen molar-refractivity contribution in [2.45, 2.75) is 19.3 Å². The summed E-state index contributed by atoms with van der Waals surface area (Å²) in [6, 6.07) is 24.5. The molecule has 28 heavy (non-hydrogen) atoms. The summed E-state index contributed by atoms with van der Waals surface area (Å²) < 4.78 is 0. The molecule has 0 bridgehead atoms. The van der Waals surface area contributed by atoms with E-state index in [-0.39, 0.29) is 0 Å². The van der Waals surface area contributed by atoms with Gasteiger partial charge in [0.25, 0.3) is 0 Å². The molecule has 0 unspecified atom stereocenters. The van der Waals surface area contributed by atoms with E-state index in [1.54, 1.807) is 0 Å². The smallest absolute Gasteiger partial charge is 0.0716 e. The predicted molar refractivity (Wildman–Crippen MR) is 113 cm³/mol. The van der Waals surface area contributed by atoms with Crippen LogP contribution in [0.2, 0.25) is 0 Å². The topological polar surface area (TPSA) is 16.1 Å². The molecule has 3 aliphatic rings. The van der Waals surface area contributed by atoms with Crippen molar-refractivity contribution < 1.29 is 0 Å². The van der Waals surface area contributed by atoms with Crippen LogP contribution in [0.4, 0.5) is 17.1 Å². The van der Waals surface area contributed by atoms with Crippen molar-refractivity contribution >= 4 is 17.1 Å². The van der Waals surface area contributed by atoms with Crippen molar-refractivity contribution in [2.75, 3.05) is 4.90 Å². The molecule has 4 aromatic rings. The van der Waals surface area contributed by atoms with Crippen molar-refractivity contribution in [1.82, 2.24) is 4.98 Å². The molecule has 0 saturated heterocycles. The molecule has 0 spiro atoms. The number of benzene rings is 3. The highest BCUT2D eigenvalue weighted by atomic mass is 15.2. The molecular weight excluding hydrogens is 340 g/mol. The zero-order chi connectivity index (χ0) is 18.2. The Balaban J connectivity index is 1.52. The van der Waals surface area contributed by atoms with Crippen LogP contribution in [-0.2, 0) is 19.3 Å². The van der Waals surface area contributed by atoms with Gasteiger partial charge in [0.15, 0.2) is 0 Å². The average molecular weight is 358 g/mol. The van der Waals surface area contributed by atoms with Crippen LogP contribution in [0.5, 0.6) is 0 Å². The molecule has 0 atom stereocenters. The van der Waals surface area contributed by atoms with Crippen LogP contribution in [0.15, 0.2) is 72.9 Å². The van der Waals surface area contributed by atoms with E-state index in [4.69, 9.17) is 4.98 Å². The zero-order valence-corrected chi connectivity index (χ0v) is 15.4. The molecule has 2 heteroatoms. The molecule has 3 aromatic carbocycles. The van der Waals surface area contributed by atoms with E-state index in [1.165, 1.54) is 61.7 Å². The van der Waals surface area contributed by atoms with Crippen LogP contribution < -0.4 is 4.90 Å². The number of hydrogen-bond acceptors (Lipinski definition) is 2. The largest absolute Gasteiger partial charge is 0.308 e. The quantitative estimate of drug-likeness (QED) is 0.334. The number of pyridine rings is 1. The first-order chi connectivity index (χ1) is 13.9. The molecule has 7 rings (SSSR count). The van der Waals surface area contributed by atoms with Crippen molar-refractivity contribution in [2.24, 2.45) is 0 Å². The molecule has 132 valence electrons. The minimum Gasteiger partial charge on any atom is -0.308 e. The fraction of sp³-hybridized carbons (Fsp3) is 0.115. The molecule has 0 fully saturated rings. The van der Waals surface area contributed by atoms with Gasteiger partial charge < -0.3 is 4.90 Å². The summed E-state index contributed by atoms with van der Waals surface area (Å²) in [5.41, 5.74) is 15.2. The molecule has 0 amide bonds. The van der Waals surface area contributed by atoms with Crippen molar-refractivity contribution in [1.29, 1.82) is 0 Å². The Morgan fingerprint density at radius 2 is 1.43 bits per heavy atom. The van der Waals surface area contributed by atoms with Gasteiger partial charge in [0.05, 0.1) is 17.1 Å². The minimum absolute atomic E-state index is 0.918. The zero-order valence-electron chi connectivity index (χ0n) is 15.4. The average Bonchev–Trinajstić information content (AvgIpc) is 3.13. The van der Waals surface area contributed by atoms with E-state index in [2.05, 4.69) is 71.6 Å². The third-order valence-corrected chi connectivity index (χ3v) is 6.59. The Labute approximate surface area is 164 Å². The van der Waals surface area contributed by atoms with E-state index in [0.717, 1.165) is 19.3 Å². The number of hydrogen-bond donors (Lipinski definition) is 0. The summed E-state index contributed by atoms with van der Waals surface area (Å²) in [5, 5.41) is 0. The van der Waals surface area contributed by atoms with E-state index < -0.39 is 0 Å². The lowest BCUT2D eigenvalue weighted by Crippen LogP contribution is -2.26. The van der Waals surface area contributed by atoms with Gasteiger partial charge in [-0.25, -0.2) is 0 Å². The van der Waals surface area contributed by atoms with Gasteiger partial charge in [0.2, 0.25) is 0 Å². The maximum atomic E-state index is 4.75. The van der Waals surface area contributed by atoms with Gasteiger partial charge >= 0.3 is 0 Å². The highest BCUT2D eigenvalue weighted by Crippen LogP contribution is 2.52. The van der Waals surface area contributed by atoms with Crippen molar-refractivity contribution in [3.05, 3.63) is 106 Å². The molecular formula is C26H18N2. The van der Waals surface area contributed by atoms with Gasteiger partial charge in [-0.05, 0) is 63.6 Å². The summed E-state index contributed by atoms with van der Waals surface area (Å²) in [6.45, 7) is 0. The Bertz CT molecular complexity index is 1300. The van der Waals surface area contributed by atoms with E-state index >= 15 is 0 Å². The highest BCUT2D eigenvalue weighted by Gasteiger charge is 2.34. The minimum atomic E-state index is 0.918. The third kappa shape index (κ3) is 1.75. The molecule has 0 N–H and O–H groups in total. The van der Waals surface area contributed by atoms with Crippen LogP contribution in [0.25, 0.3) is 11.1 Å². The van der Waals surface area contributed by atoms with Crippen LogP contribution in [0.3, 0.4) is 0 Å². The Kier molecular flexibility index (Phi) is 2.67. The van der Waals surface area contributed by atoms with Crippen LogP contribution in [0, 0.1) is 0 Å². The number of nitrogens with zero attached hydrogens (tertiary/aromatic N) is 2. The van der Waals surface area contributed by atoms with Crippen molar-refractivity contribution in [3.8, 4) is 11.1 Å². The highest BCUT2D eigenvalue weighted by molar-refractivity contribution is 5.91. The summed E-state index contributed by atoms with van der Waals surface area (Å²) >= 11 is 0. The molecule has 1 aromatic heterocycles. The number of aromatic nitrogens is 1. The first-order valence-electron chi connectivity index (χ1n) is 9.96. The maximum absolute atomic E-state index is 4.75. The third-order valence-electron chi connectivity index (χ3n) is 6.59. The second-order valence-electron chi connectivity index (χ2n) is 8.01. The Morgan fingerprint density at radius 1 is 0.607 bits per heavy atom. The van der Waals surface area contributed by atoms with Crippen LogP contribution in [-0.4, -0.2) is 4.98 Å². The van der Waals surface area contributed by atoms with Gasteiger partial charge in [-0.2, -0.15) is 0 Å². The van der Waals surface area contributed by atoms with Crippen molar-refractivity contribution in [3.63, 3.8) is 0 Å².